The number of likely N-dealkylation sites (tertiary alicyclic amines) is 1. The van der Waals surface area contributed by atoms with Crippen molar-refractivity contribution in [2.45, 2.75) is 12.8 Å². The number of rotatable bonds is 5. The van der Waals surface area contributed by atoms with Gasteiger partial charge >= 0.3 is 0 Å². The Morgan fingerprint density at radius 1 is 0.875 bits per heavy atom. The molecule has 5 rings (SSSR count). The Morgan fingerprint density at radius 2 is 1.47 bits per heavy atom. The van der Waals surface area contributed by atoms with E-state index in [1.165, 1.54) is 4.90 Å². The fourth-order valence-electron chi connectivity index (χ4n) is 4.76. The Labute approximate surface area is 191 Å². The van der Waals surface area contributed by atoms with E-state index in [-0.39, 0.29) is 23.5 Å². The average Bonchev–Trinajstić information content (AvgIpc) is 2.81. The molecule has 2 aliphatic heterocycles. The SMILES string of the molecule is O=C(CN1CCC(CN2C(=O)c3cccc4cccc(c34)C2=O)CC1)c1ccc(Cl)cc1. The lowest BCUT2D eigenvalue weighted by atomic mass is 9.91. The first-order valence-corrected chi connectivity index (χ1v) is 11.3. The number of imide groups is 1. The first kappa shape index (κ1) is 20.9. The van der Waals surface area contributed by atoms with E-state index in [4.69, 9.17) is 11.6 Å². The monoisotopic (exact) mass is 446 g/mol. The van der Waals surface area contributed by atoms with Crippen LogP contribution in [-0.2, 0) is 0 Å². The number of halogens is 1. The third-order valence-electron chi connectivity index (χ3n) is 6.54. The zero-order chi connectivity index (χ0) is 22.2. The second-order valence-electron chi connectivity index (χ2n) is 8.58. The highest BCUT2D eigenvalue weighted by Gasteiger charge is 2.34. The second kappa shape index (κ2) is 8.49. The number of hydrogen-bond acceptors (Lipinski definition) is 4. The second-order valence-corrected chi connectivity index (χ2v) is 9.02. The molecule has 2 amide bonds. The Morgan fingerprint density at radius 3 is 2.06 bits per heavy atom. The third kappa shape index (κ3) is 3.83. The maximum absolute atomic E-state index is 13.1. The number of carbonyl (C=O) groups excluding carboxylic acids is 3. The highest BCUT2D eigenvalue weighted by atomic mass is 35.5. The number of nitrogens with zero attached hydrogens (tertiary/aromatic N) is 2. The first-order valence-electron chi connectivity index (χ1n) is 10.9. The molecule has 2 aliphatic rings. The summed E-state index contributed by atoms with van der Waals surface area (Å²) in [7, 11) is 0. The number of amides is 2. The summed E-state index contributed by atoms with van der Waals surface area (Å²) in [5.74, 6) is -0.111. The highest BCUT2D eigenvalue weighted by Crippen LogP contribution is 2.31. The summed E-state index contributed by atoms with van der Waals surface area (Å²) in [6, 6.07) is 18.2. The molecule has 1 saturated heterocycles. The fraction of sp³-hybridized carbons (Fsp3) is 0.269. The van der Waals surface area contributed by atoms with Crippen LogP contribution >= 0.6 is 11.6 Å². The number of hydrogen-bond donors (Lipinski definition) is 0. The van der Waals surface area contributed by atoms with Crippen LogP contribution in [0.3, 0.4) is 0 Å². The van der Waals surface area contributed by atoms with Crippen LogP contribution in [0, 0.1) is 5.92 Å². The summed E-state index contributed by atoms with van der Waals surface area (Å²) < 4.78 is 0. The number of benzene rings is 3. The van der Waals surface area contributed by atoms with E-state index in [0.717, 1.165) is 36.7 Å². The van der Waals surface area contributed by atoms with Gasteiger partial charge in [-0.15, -0.1) is 0 Å². The standard InChI is InChI=1S/C26H23ClN2O3/c27-20-9-7-18(8-10-20)23(30)16-28-13-11-17(12-14-28)15-29-25(31)21-5-1-3-19-4-2-6-22(24(19)21)26(29)32/h1-10,17H,11-16H2. The maximum Gasteiger partial charge on any atom is 0.261 e. The van der Waals surface area contributed by atoms with Crippen molar-refractivity contribution in [2.24, 2.45) is 5.92 Å². The number of Topliss-reactive ketones (excluding diaryl/α,β-unsaturated/α-hetero) is 1. The van der Waals surface area contributed by atoms with Gasteiger partial charge < -0.3 is 0 Å². The summed E-state index contributed by atoms with van der Waals surface area (Å²) in [5.41, 5.74) is 1.86. The molecule has 32 heavy (non-hydrogen) atoms. The Bertz CT molecular complexity index is 1160. The molecule has 2 heterocycles. The molecule has 0 atom stereocenters. The van der Waals surface area contributed by atoms with Gasteiger partial charge in [-0.1, -0.05) is 35.9 Å². The van der Waals surface area contributed by atoms with Crippen LogP contribution in [0.1, 0.15) is 43.9 Å². The van der Waals surface area contributed by atoms with Crippen LogP contribution in [0.15, 0.2) is 60.7 Å². The topological polar surface area (TPSA) is 57.7 Å². The molecule has 0 bridgehead atoms. The number of carbonyl (C=O) groups is 3. The lowest BCUT2D eigenvalue weighted by Crippen LogP contribution is -2.46. The van der Waals surface area contributed by atoms with Gasteiger partial charge in [0.25, 0.3) is 11.8 Å². The molecule has 3 aromatic carbocycles. The van der Waals surface area contributed by atoms with Crippen molar-refractivity contribution in [3.05, 3.63) is 82.4 Å². The molecule has 0 aromatic heterocycles. The van der Waals surface area contributed by atoms with E-state index in [9.17, 15) is 14.4 Å². The smallest absolute Gasteiger partial charge is 0.261 e. The van der Waals surface area contributed by atoms with E-state index in [0.29, 0.717) is 34.8 Å². The van der Waals surface area contributed by atoms with Crippen LogP contribution in [0.4, 0.5) is 0 Å². The van der Waals surface area contributed by atoms with Gasteiger partial charge in [-0.05, 0) is 73.6 Å². The molecule has 0 radical (unpaired) electrons. The minimum atomic E-state index is -0.209. The summed E-state index contributed by atoms with van der Waals surface area (Å²) in [4.78, 5) is 42.3. The zero-order valence-electron chi connectivity index (χ0n) is 17.6. The summed E-state index contributed by atoms with van der Waals surface area (Å²) >= 11 is 5.90. The predicted octanol–water partition coefficient (Wildman–Crippen LogP) is 4.68. The molecular weight excluding hydrogens is 424 g/mol. The molecule has 0 aliphatic carbocycles. The molecule has 0 saturated carbocycles. The van der Waals surface area contributed by atoms with Gasteiger partial charge in [0.15, 0.2) is 5.78 Å². The summed E-state index contributed by atoms with van der Waals surface area (Å²) in [5, 5.41) is 2.29. The Hall–Kier alpha value is -3.02. The van der Waals surface area contributed by atoms with Crippen molar-refractivity contribution in [3.8, 4) is 0 Å². The third-order valence-corrected chi connectivity index (χ3v) is 6.79. The molecule has 1 fully saturated rings. The molecule has 0 spiro atoms. The van der Waals surface area contributed by atoms with Crippen molar-refractivity contribution < 1.29 is 14.4 Å². The Balaban J connectivity index is 1.23. The van der Waals surface area contributed by atoms with E-state index < -0.39 is 0 Å². The van der Waals surface area contributed by atoms with Gasteiger partial charge in [0, 0.05) is 33.6 Å². The van der Waals surface area contributed by atoms with Gasteiger partial charge in [-0.3, -0.25) is 24.2 Å². The van der Waals surface area contributed by atoms with Crippen molar-refractivity contribution in [3.63, 3.8) is 0 Å². The normalized spacial score (nSPS) is 17.2. The van der Waals surface area contributed by atoms with Gasteiger partial charge in [0.05, 0.1) is 6.54 Å². The summed E-state index contributed by atoms with van der Waals surface area (Å²) in [6.07, 6.45) is 1.69. The van der Waals surface area contributed by atoms with Crippen LogP contribution < -0.4 is 0 Å². The first-order chi connectivity index (χ1) is 15.5. The maximum atomic E-state index is 13.1. The van der Waals surface area contributed by atoms with Crippen molar-refractivity contribution in [2.75, 3.05) is 26.2 Å². The van der Waals surface area contributed by atoms with E-state index in [1.807, 2.05) is 24.3 Å². The predicted molar refractivity (Wildman–Crippen MR) is 124 cm³/mol. The molecule has 5 nitrogen and oxygen atoms in total. The fourth-order valence-corrected chi connectivity index (χ4v) is 4.89. The molecular formula is C26H23ClN2O3. The molecule has 3 aromatic rings. The Kier molecular flexibility index (Phi) is 5.53. The van der Waals surface area contributed by atoms with E-state index >= 15 is 0 Å². The molecule has 6 heteroatoms. The van der Waals surface area contributed by atoms with Crippen molar-refractivity contribution in [1.82, 2.24) is 9.80 Å². The van der Waals surface area contributed by atoms with Gasteiger partial charge in [-0.25, -0.2) is 0 Å². The van der Waals surface area contributed by atoms with Crippen LogP contribution in [-0.4, -0.2) is 53.6 Å². The van der Waals surface area contributed by atoms with E-state index in [1.54, 1.807) is 36.4 Å². The molecule has 0 N–H and O–H groups in total. The highest BCUT2D eigenvalue weighted by molar-refractivity contribution is 6.30. The van der Waals surface area contributed by atoms with Crippen LogP contribution in [0.2, 0.25) is 5.02 Å². The molecule has 0 unspecified atom stereocenters. The quantitative estimate of drug-likeness (QED) is 0.421. The minimum absolute atomic E-state index is 0.0752. The zero-order valence-corrected chi connectivity index (χ0v) is 18.3. The van der Waals surface area contributed by atoms with Crippen molar-refractivity contribution >= 4 is 40.0 Å². The summed E-state index contributed by atoms with van der Waals surface area (Å²) in [6.45, 7) is 2.32. The lowest BCUT2D eigenvalue weighted by Gasteiger charge is -2.35. The van der Waals surface area contributed by atoms with Gasteiger partial charge in [0.1, 0.15) is 0 Å². The van der Waals surface area contributed by atoms with E-state index in [2.05, 4.69) is 4.90 Å². The van der Waals surface area contributed by atoms with Gasteiger partial charge in [-0.2, -0.15) is 0 Å². The van der Waals surface area contributed by atoms with Crippen LogP contribution in [0.25, 0.3) is 10.8 Å². The number of ketones is 1. The molecule has 162 valence electrons. The van der Waals surface area contributed by atoms with Crippen LogP contribution in [0.5, 0.6) is 0 Å². The minimum Gasteiger partial charge on any atom is -0.296 e. The number of piperidine rings is 1. The average molecular weight is 447 g/mol. The lowest BCUT2D eigenvalue weighted by molar-refractivity contribution is 0.0555. The van der Waals surface area contributed by atoms with Gasteiger partial charge in [0.2, 0.25) is 0 Å². The van der Waals surface area contributed by atoms with Crippen molar-refractivity contribution in [1.29, 1.82) is 0 Å². The largest absolute Gasteiger partial charge is 0.296 e.